The fraction of sp³-hybridized carbons (Fsp3) is 0.364. The minimum absolute atomic E-state index is 0.208. The van der Waals surface area contributed by atoms with Crippen molar-refractivity contribution < 1.29 is 9.53 Å². The molecule has 0 N–H and O–H groups in total. The van der Waals surface area contributed by atoms with Gasteiger partial charge in [-0.1, -0.05) is 19.9 Å². The molecule has 1 aromatic heterocycles. The van der Waals surface area contributed by atoms with Crippen molar-refractivity contribution >= 4 is 5.97 Å². The summed E-state index contributed by atoms with van der Waals surface area (Å²) in [6.07, 6.45) is 6.53. The molecule has 1 heterocycles. The highest BCUT2D eigenvalue weighted by Crippen LogP contribution is 2.15. The van der Waals surface area contributed by atoms with E-state index in [1.165, 1.54) is 6.08 Å². The standard InChI is InChI=1S/C11H15NO2/c1-3-7-10(14-11(13)4-2)12-8-5-6-9-12/h4-6,8-10H,2-3,7H2,1H3. The second-order valence-corrected chi connectivity index (χ2v) is 3.01. The summed E-state index contributed by atoms with van der Waals surface area (Å²) in [5.74, 6) is -0.378. The molecule has 14 heavy (non-hydrogen) atoms. The third kappa shape index (κ3) is 2.76. The van der Waals surface area contributed by atoms with Crippen LogP contribution >= 0.6 is 0 Å². The lowest BCUT2D eigenvalue weighted by Crippen LogP contribution is -2.14. The van der Waals surface area contributed by atoms with Gasteiger partial charge in [0.25, 0.3) is 0 Å². The first-order valence-corrected chi connectivity index (χ1v) is 4.73. The van der Waals surface area contributed by atoms with Gasteiger partial charge in [0.2, 0.25) is 0 Å². The number of carbonyl (C=O) groups excluding carboxylic acids is 1. The first kappa shape index (κ1) is 10.6. The lowest BCUT2D eigenvalue weighted by atomic mass is 10.3. The molecule has 0 aliphatic rings. The highest BCUT2D eigenvalue weighted by atomic mass is 16.6. The van der Waals surface area contributed by atoms with E-state index >= 15 is 0 Å². The van der Waals surface area contributed by atoms with Crippen LogP contribution in [-0.4, -0.2) is 10.5 Å². The Balaban J connectivity index is 2.64. The van der Waals surface area contributed by atoms with Gasteiger partial charge in [-0.15, -0.1) is 0 Å². The SMILES string of the molecule is C=CC(=O)OC(CCC)n1cccc1. The van der Waals surface area contributed by atoms with Crippen LogP contribution in [0.25, 0.3) is 0 Å². The molecule has 0 saturated carbocycles. The van der Waals surface area contributed by atoms with Gasteiger partial charge in [-0.05, 0) is 12.1 Å². The Labute approximate surface area is 84.0 Å². The number of esters is 1. The molecule has 0 aromatic carbocycles. The largest absolute Gasteiger partial charge is 0.438 e. The van der Waals surface area contributed by atoms with Gasteiger partial charge < -0.3 is 9.30 Å². The predicted octanol–water partition coefficient (Wildman–Crippen LogP) is 2.52. The highest BCUT2D eigenvalue weighted by molar-refractivity contribution is 5.81. The molecule has 0 amide bonds. The fourth-order valence-electron chi connectivity index (χ4n) is 1.24. The first-order valence-electron chi connectivity index (χ1n) is 4.73. The summed E-state index contributed by atoms with van der Waals surface area (Å²) in [5, 5.41) is 0. The van der Waals surface area contributed by atoms with Gasteiger partial charge in [-0.2, -0.15) is 0 Å². The molecule has 0 spiro atoms. The summed E-state index contributed by atoms with van der Waals surface area (Å²) in [4.78, 5) is 11.0. The van der Waals surface area contributed by atoms with Gasteiger partial charge in [-0.25, -0.2) is 4.79 Å². The van der Waals surface area contributed by atoms with E-state index in [-0.39, 0.29) is 12.2 Å². The van der Waals surface area contributed by atoms with Gasteiger partial charge >= 0.3 is 5.97 Å². The van der Waals surface area contributed by atoms with Crippen LogP contribution in [0.5, 0.6) is 0 Å². The zero-order valence-corrected chi connectivity index (χ0v) is 8.35. The Kier molecular flexibility index (Phi) is 3.98. The highest BCUT2D eigenvalue weighted by Gasteiger charge is 2.11. The summed E-state index contributed by atoms with van der Waals surface area (Å²) in [7, 11) is 0. The Morgan fingerprint density at radius 3 is 2.71 bits per heavy atom. The molecule has 0 aliphatic carbocycles. The third-order valence-electron chi connectivity index (χ3n) is 1.91. The van der Waals surface area contributed by atoms with Crippen molar-refractivity contribution in [1.82, 2.24) is 4.57 Å². The number of ether oxygens (including phenoxy) is 1. The quantitative estimate of drug-likeness (QED) is 0.531. The molecule has 1 rings (SSSR count). The van der Waals surface area contributed by atoms with Crippen LogP contribution in [0.15, 0.2) is 37.2 Å². The van der Waals surface area contributed by atoms with Crippen molar-refractivity contribution in [2.24, 2.45) is 0 Å². The minimum Gasteiger partial charge on any atom is -0.438 e. The lowest BCUT2D eigenvalue weighted by molar-refractivity contribution is -0.148. The second-order valence-electron chi connectivity index (χ2n) is 3.01. The second kappa shape index (κ2) is 5.27. The molecule has 76 valence electrons. The molecule has 1 aromatic rings. The van der Waals surface area contributed by atoms with E-state index in [0.717, 1.165) is 12.8 Å². The molecular weight excluding hydrogens is 178 g/mol. The summed E-state index contributed by atoms with van der Waals surface area (Å²) in [6.45, 7) is 5.43. The monoisotopic (exact) mass is 193 g/mol. The Morgan fingerprint density at radius 1 is 1.57 bits per heavy atom. The van der Waals surface area contributed by atoms with E-state index in [9.17, 15) is 4.79 Å². The van der Waals surface area contributed by atoms with Crippen molar-refractivity contribution in [2.45, 2.75) is 26.0 Å². The Hall–Kier alpha value is -1.51. The van der Waals surface area contributed by atoms with Crippen molar-refractivity contribution in [1.29, 1.82) is 0 Å². The fourth-order valence-corrected chi connectivity index (χ4v) is 1.24. The van der Waals surface area contributed by atoms with E-state index in [0.29, 0.717) is 0 Å². The van der Waals surface area contributed by atoms with Crippen LogP contribution in [0.1, 0.15) is 26.0 Å². The molecule has 3 heteroatoms. The summed E-state index contributed by atoms with van der Waals surface area (Å²) >= 11 is 0. The number of aromatic nitrogens is 1. The van der Waals surface area contributed by atoms with E-state index in [2.05, 4.69) is 13.5 Å². The zero-order valence-electron chi connectivity index (χ0n) is 8.35. The first-order chi connectivity index (χ1) is 6.77. The zero-order chi connectivity index (χ0) is 10.4. The third-order valence-corrected chi connectivity index (χ3v) is 1.91. The number of nitrogens with zero attached hydrogens (tertiary/aromatic N) is 1. The molecule has 1 unspecified atom stereocenters. The number of rotatable bonds is 5. The molecule has 0 saturated heterocycles. The molecule has 0 bridgehead atoms. The molecule has 0 radical (unpaired) electrons. The van der Waals surface area contributed by atoms with Gasteiger partial charge in [0.05, 0.1) is 0 Å². The number of carbonyl (C=O) groups is 1. The van der Waals surface area contributed by atoms with Gasteiger partial charge in [0.1, 0.15) is 0 Å². The molecular formula is C11H15NO2. The van der Waals surface area contributed by atoms with Crippen LogP contribution in [0.3, 0.4) is 0 Å². The van der Waals surface area contributed by atoms with E-state index in [4.69, 9.17) is 4.74 Å². The van der Waals surface area contributed by atoms with Crippen LogP contribution in [0, 0.1) is 0 Å². The van der Waals surface area contributed by atoms with Crippen LogP contribution in [0.2, 0.25) is 0 Å². The van der Waals surface area contributed by atoms with Crippen molar-refractivity contribution in [3.05, 3.63) is 37.2 Å². The maximum atomic E-state index is 11.0. The van der Waals surface area contributed by atoms with Crippen molar-refractivity contribution in [2.75, 3.05) is 0 Å². The van der Waals surface area contributed by atoms with Crippen molar-refractivity contribution in [3.8, 4) is 0 Å². The average molecular weight is 193 g/mol. The topological polar surface area (TPSA) is 31.2 Å². The van der Waals surface area contributed by atoms with E-state index < -0.39 is 0 Å². The molecule has 3 nitrogen and oxygen atoms in total. The minimum atomic E-state index is -0.378. The van der Waals surface area contributed by atoms with E-state index in [1.807, 2.05) is 29.1 Å². The van der Waals surface area contributed by atoms with Crippen molar-refractivity contribution in [3.63, 3.8) is 0 Å². The van der Waals surface area contributed by atoms with Gasteiger partial charge in [-0.3, -0.25) is 0 Å². The average Bonchev–Trinajstić information content (AvgIpc) is 2.69. The maximum Gasteiger partial charge on any atom is 0.332 e. The summed E-state index contributed by atoms with van der Waals surface area (Å²) in [6, 6.07) is 3.81. The van der Waals surface area contributed by atoms with E-state index in [1.54, 1.807) is 0 Å². The normalized spacial score (nSPS) is 12.1. The molecule has 0 aliphatic heterocycles. The van der Waals surface area contributed by atoms with Crippen LogP contribution in [0.4, 0.5) is 0 Å². The maximum absolute atomic E-state index is 11.0. The smallest absolute Gasteiger partial charge is 0.332 e. The summed E-state index contributed by atoms with van der Waals surface area (Å²) in [5.41, 5.74) is 0. The van der Waals surface area contributed by atoms with Crippen LogP contribution in [-0.2, 0) is 9.53 Å². The lowest BCUT2D eigenvalue weighted by Gasteiger charge is -2.17. The predicted molar refractivity (Wildman–Crippen MR) is 54.7 cm³/mol. The molecule has 0 fully saturated rings. The van der Waals surface area contributed by atoms with Crippen LogP contribution < -0.4 is 0 Å². The molecule has 1 atom stereocenters. The van der Waals surface area contributed by atoms with Gasteiger partial charge in [0.15, 0.2) is 6.23 Å². The Bertz CT molecular complexity index is 290. The number of hydrogen-bond acceptors (Lipinski definition) is 2. The Morgan fingerprint density at radius 2 is 2.21 bits per heavy atom. The summed E-state index contributed by atoms with van der Waals surface area (Å²) < 4.78 is 7.07. The number of hydrogen-bond donors (Lipinski definition) is 0. The van der Waals surface area contributed by atoms with Gasteiger partial charge in [0, 0.05) is 24.9 Å².